The molecule has 7 nitrogen and oxygen atoms in total. The van der Waals surface area contributed by atoms with E-state index >= 15 is 0 Å². The summed E-state index contributed by atoms with van der Waals surface area (Å²) in [7, 11) is -3.77. The lowest BCUT2D eigenvalue weighted by Gasteiger charge is -2.30. The van der Waals surface area contributed by atoms with E-state index in [4.69, 9.17) is 16.3 Å². The van der Waals surface area contributed by atoms with Crippen molar-refractivity contribution in [1.29, 1.82) is 0 Å². The van der Waals surface area contributed by atoms with Gasteiger partial charge in [0.25, 0.3) is 5.91 Å². The van der Waals surface area contributed by atoms with Gasteiger partial charge in [0.05, 0.1) is 21.5 Å². The van der Waals surface area contributed by atoms with Crippen LogP contribution in [0.1, 0.15) is 19.8 Å². The number of para-hydroxylation sites is 1. The summed E-state index contributed by atoms with van der Waals surface area (Å²) in [6, 6.07) is 11.3. The van der Waals surface area contributed by atoms with Crippen LogP contribution >= 0.6 is 11.6 Å². The zero-order valence-corrected chi connectivity index (χ0v) is 18.3. The molecule has 1 fully saturated rings. The molecule has 0 radical (unpaired) electrons. The van der Waals surface area contributed by atoms with Crippen LogP contribution in [0.15, 0.2) is 53.4 Å². The third-order valence-corrected chi connectivity index (χ3v) is 7.28. The van der Waals surface area contributed by atoms with Crippen LogP contribution in [-0.2, 0) is 24.3 Å². The van der Waals surface area contributed by atoms with Gasteiger partial charge in [0, 0.05) is 13.1 Å². The van der Waals surface area contributed by atoms with Gasteiger partial charge >= 0.3 is 5.97 Å². The molecule has 0 bridgehead atoms. The molecule has 10 heteroatoms. The van der Waals surface area contributed by atoms with Crippen molar-refractivity contribution in [3.8, 4) is 0 Å². The Morgan fingerprint density at radius 1 is 1.13 bits per heavy atom. The Morgan fingerprint density at radius 2 is 1.74 bits per heavy atom. The number of rotatable bonds is 6. The second-order valence-corrected chi connectivity index (χ2v) is 9.53. The number of esters is 1. The molecule has 2 aromatic rings. The number of nitrogens with one attached hydrogen (secondary N) is 1. The van der Waals surface area contributed by atoms with Gasteiger partial charge in [-0.15, -0.1) is 0 Å². The van der Waals surface area contributed by atoms with E-state index in [0.717, 1.165) is 12.1 Å². The molecule has 0 aliphatic carbocycles. The molecule has 1 aliphatic rings. The molecule has 166 valence electrons. The zero-order chi connectivity index (χ0) is 22.6. The molecule has 1 N–H and O–H groups in total. The standard InChI is InChI=1S/C21H22ClFN2O5S/c1-14(20(26)24-19-5-3-2-4-18(19)22)30-21(27)15-10-12-25(13-11-15)31(28,29)17-8-6-16(23)7-9-17/h2-9,14-15H,10-13H2,1H3,(H,24,26). The monoisotopic (exact) mass is 468 g/mol. The Balaban J connectivity index is 1.53. The van der Waals surface area contributed by atoms with Crippen molar-refractivity contribution in [3.63, 3.8) is 0 Å². The molecule has 0 spiro atoms. The number of hydrogen-bond donors (Lipinski definition) is 1. The van der Waals surface area contributed by atoms with E-state index in [1.54, 1.807) is 24.3 Å². The number of benzene rings is 2. The van der Waals surface area contributed by atoms with Crippen LogP contribution in [0, 0.1) is 11.7 Å². The van der Waals surface area contributed by atoms with Crippen LogP contribution in [0.5, 0.6) is 0 Å². The van der Waals surface area contributed by atoms with Crippen LogP contribution in [0.25, 0.3) is 0 Å². The molecular formula is C21H22ClFN2O5S. The average Bonchev–Trinajstić information content (AvgIpc) is 2.75. The number of piperidine rings is 1. The smallest absolute Gasteiger partial charge is 0.309 e. The van der Waals surface area contributed by atoms with E-state index in [0.29, 0.717) is 10.7 Å². The number of amides is 1. The van der Waals surface area contributed by atoms with Crippen LogP contribution in [0.3, 0.4) is 0 Å². The van der Waals surface area contributed by atoms with E-state index in [1.807, 2.05) is 0 Å². The SMILES string of the molecule is CC(OC(=O)C1CCN(S(=O)(=O)c2ccc(F)cc2)CC1)C(=O)Nc1ccccc1Cl. The molecule has 1 aliphatic heterocycles. The quantitative estimate of drug-likeness (QED) is 0.655. The van der Waals surface area contributed by atoms with Gasteiger partial charge in [0.15, 0.2) is 6.10 Å². The first-order valence-corrected chi connectivity index (χ1v) is 11.5. The first-order chi connectivity index (χ1) is 14.7. The van der Waals surface area contributed by atoms with Crippen molar-refractivity contribution in [3.05, 3.63) is 59.4 Å². The number of carbonyl (C=O) groups excluding carboxylic acids is 2. The summed E-state index contributed by atoms with van der Waals surface area (Å²) in [5.41, 5.74) is 0.413. The summed E-state index contributed by atoms with van der Waals surface area (Å²) < 4.78 is 44.9. The molecule has 1 amide bonds. The molecule has 1 heterocycles. The van der Waals surface area contributed by atoms with Crippen LogP contribution < -0.4 is 5.32 Å². The first kappa shape index (κ1) is 23.2. The minimum Gasteiger partial charge on any atom is -0.452 e. The average molecular weight is 469 g/mol. The minimum absolute atomic E-state index is 0.000192. The van der Waals surface area contributed by atoms with Crippen molar-refractivity contribution in [2.75, 3.05) is 18.4 Å². The topological polar surface area (TPSA) is 92.8 Å². The fourth-order valence-corrected chi connectivity index (χ4v) is 4.86. The van der Waals surface area contributed by atoms with Crippen LogP contribution in [0.2, 0.25) is 5.02 Å². The summed E-state index contributed by atoms with van der Waals surface area (Å²) in [5, 5.41) is 2.97. The third-order valence-electron chi connectivity index (χ3n) is 5.03. The maximum absolute atomic E-state index is 13.1. The number of nitrogens with zero attached hydrogens (tertiary/aromatic N) is 1. The summed E-state index contributed by atoms with van der Waals surface area (Å²) in [4.78, 5) is 24.7. The highest BCUT2D eigenvalue weighted by Crippen LogP contribution is 2.25. The minimum atomic E-state index is -3.77. The predicted molar refractivity (Wildman–Crippen MR) is 114 cm³/mol. The Labute approximate surface area is 185 Å². The van der Waals surface area contributed by atoms with Crippen molar-refractivity contribution in [1.82, 2.24) is 4.31 Å². The fraction of sp³-hybridized carbons (Fsp3) is 0.333. The fourth-order valence-electron chi connectivity index (χ4n) is 3.21. The highest BCUT2D eigenvalue weighted by atomic mass is 35.5. The van der Waals surface area contributed by atoms with E-state index in [9.17, 15) is 22.4 Å². The number of sulfonamides is 1. The van der Waals surface area contributed by atoms with E-state index in [2.05, 4.69) is 5.32 Å². The van der Waals surface area contributed by atoms with Crippen LogP contribution in [0.4, 0.5) is 10.1 Å². The van der Waals surface area contributed by atoms with Crippen molar-refractivity contribution in [2.24, 2.45) is 5.92 Å². The normalized spacial score (nSPS) is 16.5. The second-order valence-electron chi connectivity index (χ2n) is 7.18. The highest BCUT2D eigenvalue weighted by Gasteiger charge is 2.34. The number of carbonyl (C=O) groups is 2. The van der Waals surface area contributed by atoms with E-state index in [1.165, 1.54) is 23.4 Å². The Bertz CT molecular complexity index is 1050. The third kappa shape index (κ3) is 5.61. The number of ether oxygens (including phenoxy) is 1. The molecule has 1 saturated heterocycles. The molecule has 1 atom stereocenters. The van der Waals surface area contributed by atoms with Gasteiger partial charge in [0.2, 0.25) is 10.0 Å². The summed E-state index contributed by atoms with van der Waals surface area (Å²) in [6.07, 6.45) is -0.513. The van der Waals surface area contributed by atoms with Crippen LogP contribution in [-0.4, -0.2) is 43.8 Å². The molecule has 2 aromatic carbocycles. The highest BCUT2D eigenvalue weighted by molar-refractivity contribution is 7.89. The maximum atomic E-state index is 13.1. The van der Waals surface area contributed by atoms with Crippen molar-refractivity contribution >= 4 is 39.2 Å². The first-order valence-electron chi connectivity index (χ1n) is 9.70. The molecule has 0 aromatic heterocycles. The maximum Gasteiger partial charge on any atom is 0.309 e. The molecule has 1 unspecified atom stereocenters. The molecule has 3 rings (SSSR count). The van der Waals surface area contributed by atoms with Gasteiger partial charge < -0.3 is 10.1 Å². The predicted octanol–water partition coefficient (Wildman–Crippen LogP) is 3.45. The lowest BCUT2D eigenvalue weighted by atomic mass is 9.98. The Kier molecular flexibility index (Phi) is 7.30. The van der Waals surface area contributed by atoms with Crippen molar-refractivity contribution < 1.29 is 27.1 Å². The molecular weight excluding hydrogens is 447 g/mol. The van der Waals surface area contributed by atoms with E-state index < -0.39 is 39.7 Å². The van der Waals surface area contributed by atoms with Gasteiger partial charge in [-0.2, -0.15) is 4.31 Å². The summed E-state index contributed by atoms with van der Waals surface area (Å²) >= 11 is 6.01. The molecule has 31 heavy (non-hydrogen) atoms. The lowest BCUT2D eigenvalue weighted by molar-refractivity contribution is -0.158. The van der Waals surface area contributed by atoms with E-state index in [-0.39, 0.29) is 30.8 Å². The van der Waals surface area contributed by atoms with Gasteiger partial charge in [-0.05, 0) is 56.2 Å². The zero-order valence-electron chi connectivity index (χ0n) is 16.8. The van der Waals surface area contributed by atoms with Gasteiger partial charge in [-0.25, -0.2) is 12.8 Å². The molecule has 0 saturated carbocycles. The summed E-state index contributed by atoms with van der Waals surface area (Å²) in [6.45, 7) is 1.71. The number of hydrogen-bond acceptors (Lipinski definition) is 5. The van der Waals surface area contributed by atoms with Gasteiger partial charge in [-0.3, -0.25) is 9.59 Å². The summed E-state index contributed by atoms with van der Waals surface area (Å²) in [5.74, 6) is -2.11. The second kappa shape index (κ2) is 9.76. The Hall–Kier alpha value is -2.49. The number of anilines is 1. The lowest BCUT2D eigenvalue weighted by Crippen LogP contribution is -2.41. The van der Waals surface area contributed by atoms with Gasteiger partial charge in [0.1, 0.15) is 5.82 Å². The number of halogens is 2. The van der Waals surface area contributed by atoms with Gasteiger partial charge in [-0.1, -0.05) is 23.7 Å². The Morgan fingerprint density at radius 3 is 2.35 bits per heavy atom. The van der Waals surface area contributed by atoms with Crippen molar-refractivity contribution in [2.45, 2.75) is 30.8 Å². The largest absolute Gasteiger partial charge is 0.452 e.